The minimum absolute atomic E-state index is 0.181. The third-order valence-electron chi connectivity index (χ3n) is 2.77. The molecule has 0 fully saturated rings. The van der Waals surface area contributed by atoms with Crippen molar-refractivity contribution in [2.24, 2.45) is 0 Å². The number of carbonyl (C=O) groups excluding carboxylic acids is 1. The maximum atomic E-state index is 12.9. The highest BCUT2D eigenvalue weighted by atomic mass is 79.9. The second-order valence-electron chi connectivity index (χ2n) is 4.00. The van der Waals surface area contributed by atoms with Crippen LogP contribution >= 0.6 is 15.9 Å². The van der Waals surface area contributed by atoms with Crippen molar-refractivity contribution in [3.63, 3.8) is 0 Å². The second-order valence-corrected chi connectivity index (χ2v) is 4.57. The van der Waals surface area contributed by atoms with Gasteiger partial charge in [0, 0.05) is 10.9 Å². The summed E-state index contributed by atoms with van der Waals surface area (Å²) in [5.41, 5.74) is 1.89. The van der Waals surface area contributed by atoms with Crippen molar-refractivity contribution in [1.82, 2.24) is 0 Å². The number of alkyl halides is 1. The van der Waals surface area contributed by atoms with Gasteiger partial charge in [-0.05, 0) is 42.0 Å². The standard InChI is InChI=1S/C15H12BrFO2/c1-19-14-7-2-10(9-16)8-13(14)15(18)11-3-5-12(17)6-4-11/h2-8H,9H2,1H3. The summed E-state index contributed by atoms with van der Waals surface area (Å²) >= 11 is 3.35. The fourth-order valence-electron chi connectivity index (χ4n) is 1.77. The van der Waals surface area contributed by atoms with E-state index in [1.54, 1.807) is 12.1 Å². The van der Waals surface area contributed by atoms with E-state index >= 15 is 0 Å². The lowest BCUT2D eigenvalue weighted by Crippen LogP contribution is -2.04. The highest BCUT2D eigenvalue weighted by Crippen LogP contribution is 2.24. The molecule has 0 spiro atoms. The number of ether oxygens (including phenoxy) is 1. The average molecular weight is 323 g/mol. The van der Waals surface area contributed by atoms with E-state index in [2.05, 4.69) is 15.9 Å². The quantitative estimate of drug-likeness (QED) is 0.629. The van der Waals surface area contributed by atoms with Crippen LogP contribution < -0.4 is 4.74 Å². The first-order chi connectivity index (χ1) is 9.15. The Balaban J connectivity index is 2.44. The first-order valence-corrected chi connectivity index (χ1v) is 6.81. The summed E-state index contributed by atoms with van der Waals surface area (Å²) in [6, 6.07) is 10.9. The molecule has 0 saturated carbocycles. The molecular formula is C15H12BrFO2. The van der Waals surface area contributed by atoms with Gasteiger partial charge in [-0.2, -0.15) is 0 Å². The van der Waals surface area contributed by atoms with Crippen molar-refractivity contribution < 1.29 is 13.9 Å². The first kappa shape index (κ1) is 13.7. The topological polar surface area (TPSA) is 26.3 Å². The third kappa shape index (κ3) is 3.01. The van der Waals surface area contributed by atoms with Gasteiger partial charge in [0.1, 0.15) is 11.6 Å². The molecule has 2 aromatic carbocycles. The van der Waals surface area contributed by atoms with Gasteiger partial charge in [0.25, 0.3) is 0 Å². The highest BCUT2D eigenvalue weighted by Gasteiger charge is 2.15. The molecule has 98 valence electrons. The van der Waals surface area contributed by atoms with Crippen LogP contribution in [0.1, 0.15) is 21.5 Å². The molecule has 0 radical (unpaired) electrons. The van der Waals surface area contributed by atoms with Crippen LogP contribution in [0.15, 0.2) is 42.5 Å². The fourth-order valence-corrected chi connectivity index (χ4v) is 2.12. The number of ketones is 1. The minimum Gasteiger partial charge on any atom is -0.496 e. The molecular weight excluding hydrogens is 311 g/mol. The Bertz CT molecular complexity index is 594. The van der Waals surface area contributed by atoms with Gasteiger partial charge in [-0.15, -0.1) is 0 Å². The van der Waals surface area contributed by atoms with Crippen molar-refractivity contribution in [2.75, 3.05) is 7.11 Å². The molecule has 0 amide bonds. The molecule has 0 aliphatic carbocycles. The SMILES string of the molecule is COc1ccc(CBr)cc1C(=O)c1ccc(F)cc1. The Morgan fingerprint density at radius 2 is 1.89 bits per heavy atom. The number of hydrogen-bond donors (Lipinski definition) is 0. The zero-order chi connectivity index (χ0) is 13.8. The maximum absolute atomic E-state index is 12.9. The van der Waals surface area contributed by atoms with Crippen molar-refractivity contribution >= 4 is 21.7 Å². The van der Waals surface area contributed by atoms with Crippen molar-refractivity contribution in [2.45, 2.75) is 5.33 Å². The van der Waals surface area contributed by atoms with Crippen molar-refractivity contribution in [3.05, 3.63) is 65.0 Å². The lowest BCUT2D eigenvalue weighted by molar-refractivity contribution is 0.103. The zero-order valence-corrected chi connectivity index (χ0v) is 11.9. The van der Waals surface area contributed by atoms with Gasteiger partial charge in [0.05, 0.1) is 12.7 Å². The van der Waals surface area contributed by atoms with Crippen LogP contribution in [0.4, 0.5) is 4.39 Å². The van der Waals surface area contributed by atoms with E-state index in [4.69, 9.17) is 4.74 Å². The number of halogens is 2. The Hall–Kier alpha value is -1.68. The zero-order valence-electron chi connectivity index (χ0n) is 10.3. The Kier molecular flexibility index (Phi) is 4.32. The number of hydrogen-bond acceptors (Lipinski definition) is 2. The van der Waals surface area contributed by atoms with E-state index in [0.717, 1.165) is 5.56 Å². The van der Waals surface area contributed by atoms with E-state index in [1.165, 1.54) is 31.4 Å². The largest absolute Gasteiger partial charge is 0.496 e. The molecule has 0 N–H and O–H groups in total. The Morgan fingerprint density at radius 1 is 1.21 bits per heavy atom. The van der Waals surface area contributed by atoms with Gasteiger partial charge >= 0.3 is 0 Å². The smallest absolute Gasteiger partial charge is 0.196 e. The van der Waals surface area contributed by atoms with E-state index in [-0.39, 0.29) is 11.6 Å². The van der Waals surface area contributed by atoms with Gasteiger partial charge in [-0.1, -0.05) is 22.0 Å². The van der Waals surface area contributed by atoms with E-state index < -0.39 is 0 Å². The molecule has 0 heterocycles. The normalized spacial score (nSPS) is 10.3. The van der Waals surface area contributed by atoms with Crippen LogP contribution in [-0.2, 0) is 5.33 Å². The van der Waals surface area contributed by atoms with E-state index in [9.17, 15) is 9.18 Å². The Morgan fingerprint density at radius 3 is 2.47 bits per heavy atom. The van der Waals surface area contributed by atoms with E-state index in [1.807, 2.05) is 6.07 Å². The number of benzene rings is 2. The summed E-state index contributed by atoms with van der Waals surface area (Å²) in [5.74, 6) is -0.0311. The molecule has 4 heteroatoms. The number of rotatable bonds is 4. The summed E-state index contributed by atoms with van der Waals surface area (Å²) in [6.07, 6.45) is 0. The van der Waals surface area contributed by atoms with E-state index in [0.29, 0.717) is 22.2 Å². The van der Waals surface area contributed by atoms with Crippen molar-refractivity contribution in [1.29, 1.82) is 0 Å². The van der Waals surface area contributed by atoms with Gasteiger partial charge in [-0.25, -0.2) is 4.39 Å². The van der Waals surface area contributed by atoms with Crippen LogP contribution in [0, 0.1) is 5.82 Å². The van der Waals surface area contributed by atoms with Crippen LogP contribution in [0.2, 0.25) is 0 Å². The number of methoxy groups -OCH3 is 1. The third-order valence-corrected chi connectivity index (χ3v) is 3.42. The van der Waals surface area contributed by atoms with Crippen LogP contribution in [0.3, 0.4) is 0 Å². The average Bonchev–Trinajstić information content (AvgIpc) is 2.46. The molecule has 0 aliphatic heterocycles. The summed E-state index contributed by atoms with van der Waals surface area (Å²) in [6.45, 7) is 0. The fraction of sp³-hybridized carbons (Fsp3) is 0.133. The van der Waals surface area contributed by atoms with Crippen molar-refractivity contribution in [3.8, 4) is 5.75 Å². The highest BCUT2D eigenvalue weighted by molar-refractivity contribution is 9.08. The van der Waals surface area contributed by atoms with Gasteiger partial charge < -0.3 is 4.74 Å². The van der Waals surface area contributed by atoms with Crippen LogP contribution in [0.25, 0.3) is 0 Å². The molecule has 0 bridgehead atoms. The molecule has 2 nitrogen and oxygen atoms in total. The van der Waals surface area contributed by atoms with Crippen LogP contribution in [0.5, 0.6) is 5.75 Å². The molecule has 0 saturated heterocycles. The predicted octanol–water partition coefficient (Wildman–Crippen LogP) is 3.96. The predicted molar refractivity (Wildman–Crippen MR) is 75.5 cm³/mol. The molecule has 2 aromatic rings. The summed E-state index contributed by atoms with van der Waals surface area (Å²) in [5, 5.41) is 0.653. The molecule has 2 rings (SSSR count). The minimum atomic E-state index is -0.363. The molecule has 0 unspecified atom stereocenters. The van der Waals surface area contributed by atoms with Crippen LogP contribution in [-0.4, -0.2) is 12.9 Å². The maximum Gasteiger partial charge on any atom is 0.196 e. The van der Waals surface area contributed by atoms with Gasteiger partial charge in [0.2, 0.25) is 0 Å². The monoisotopic (exact) mass is 322 g/mol. The molecule has 0 aliphatic rings. The lowest BCUT2D eigenvalue weighted by atomic mass is 10.0. The molecule has 0 aromatic heterocycles. The number of carbonyl (C=O) groups is 1. The summed E-state index contributed by atoms with van der Waals surface area (Å²) in [4.78, 5) is 12.4. The lowest BCUT2D eigenvalue weighted by Gasteiger charge is -2.09. The second kappa shape index (κ2) is 5.97. The first-order valence-electron chi connectivity index (χ1n) is 5.69. The van der Waals surface area contributed by atoms with Gasteiger partial charge in [-0.3, -0.25) is 4.79 Å². The molecule has 19 heavy (non-hydrogen) atoms. The Labute approximate surface area is 119 Å². The summed E-state index contributed by atoms with van der Waals surface area (Å²) in [7, 11) is 1.52. The van der Waals surface area contributed by atoms with Gasteiger partial charge in [0.15, 0.2) is 5.78 Å². The molecule has 0 atom stereocenters. The summed E-state index contributed by atoms with van der Waals surface area (Å²) < 4.78 is 18.1.